The average molecular weight is 434 g/mol. The maximum Gasteiger partial charge on any atom is 0.254 e. The predicted molar refractivity (Wildman–Crippen MR) is 118 cm³/mol. The van der Waals surface area contributed by atoms with E-state index in [0.717, 1.165) is 11.4 Å². The summed E-state index contributed by atoms with van der Waals surface area (Å²) in [6.07, 6.45) is 5.33. The van der Waals surface area contributed by atoms with Crippen LogP contribution in [0.5, 0.6) is 0 Å². The smallest absolute Gasteiger partial charge is 0.254 e. The molecule has 0 radical (unpaired) electrons. The molecule has 3 N–H and O–H groups in total. The molecule has 8 nitrogen and oxygen atoms in total. The monoisotopic (exact) mass is 434 g/mol. The average Bonchev–Trinajstić information content (AvgIpc) is 3.41. The van der Waals surface area contributed by atoms with Gasteiger partial charge < -0.3 is 15.6 Å². The summed E-state index contributed by atoms with van der Waals surface area (Å²) in [5, 5.41) is 10.6. The molecule has 0 saturated carbocycles. The van der Waals surface area contributed by atoms with Gasteiger partial charge in [-0.2, -0.15) is 5.10 Å². The molecule has 0 aliphatic heterocycles. The Morgan fingerprint density at radius 2 is 1.88 bits per heavy atom. The molecule has 0 saturated heterocycles. The quantitative estimate of drug-likeness (QED) is 0.432. The van der Waals surface area contributed by atoms with Crippen molar-refractivity contribution >= 4 is 22.7 Å². The van der Waals surface area contributed by atoms with Crippen LogP contribution in [0.1, 0.15) is 51.5 Å². The van der Waals surface area contributed by atoms with Crippen molar-refractivity contribution in [2.75, 3.05) is 7.05 Å². The van der Waals surface area contributed by atoms with E-state index in [0.29, 0.717) is 34.1 Å². The fraction of sp³-hybridized carbons (Fsp3) is 0.217. The Labute approximate surface area is 183 Å². The molecule has 32 heavy (non-hydrogen) atoms. The second kappa shape index (κ2) is 8.62. The number of hydrogen-bond acceptors (Lipinski definition) is 4. The number of amides is 2. The largest absolute Gasteiger partial charge is 0.360 e. The summed E-state index contributed by atoms with van der Waals surface area (Å²) >= 11 is 0. The number of aromatic nitrogens is 4. The first-order valence-electron chi connectivity index (χ1n) is 10.2. The number of benzene rings is 1. The lowest BCUT2D eigenvalue weighted by atomic mass is 10.1. The topological polar surface area (TPSA) is 105 Å². The second-order valence-electron chi connectivity index (χ2n) is 7.43. The van der Waals surface area contributed by atoms with Gasteiger partial charge in [-0.15, -0.1) is 0 Å². The summed E-state index contributed by atoms with van der Waals surface area (Å²) in [5.74, 6) is -0.830. The second-order valence-corrected chi connectivity index (χ2v) is 7.43. The van der Waals surface area contributed by atoms with Crippen molar-refractivity contribution < 1.29 is 14.0 Å². The molecule has 0 bridgehead atoms. The third-order valence-electron chi connectivity index (χ3n) is 5.41. The first kappa shape index (κ1) is 21.2. The lowest BCUT2D eigenvalue weighted by Crippen LogP contribution is -2.28. The molecule has 3 aromatic heterocycles. The van der Waals surface area contributed by atoms with Crippen molar-refractivity contribution in [3.8, 4) is 5.69 Å². The van der Waals surface area contributed by atoms with Crippen LogP contribution in [0.3, 0.4) is 0 Å². The number of aryl methyl sites for hydroxylation is 1. The molecular weight excluding hydrogens is 411 g/mol. The van der Waals surface area contributed by atoms with Crippen LogP contribution >= 0.6 is 0 Å². The molecule has 4 aromatic rings. The van der Waals surface area contributed by atoms with E-state index in [2.05, 4.69) is 25.7 Å². The molecule has 4 rings (SSSR count). The van der Waals surface area contributed by atoms with Crippen LogP contribution in [0.2, 0.25) is 0 Å². The highest BCUT2D eigenvalue weighted by Gasteiger charge is 2.21. The third-order valence-corrected chi connectivity index (χ3v) is 5.41. The minimum atomic E-state index is -0.340. The normalized spacial score (nSPS) is 12.0. The Bertz CT molecular complexity index is 1290. The summed E-state index contributed by atoms with van der Waals surface area (Å²) in [4.78, 5) is 32.6. The predicted octanol–water partition coefficient (Wildman–Crippen LogP) is 3.44. The van der Waals surface area contributed by atoms with Gasteiger partial charge in [-0.05, 0) is 43.7 Å². The number of fused-ring (bicyclic) bond motifs is 1. The van der Waals surface area contributed by atoms with Crippen LogP contribution in [-0.2, 0) is 0 Å². The molecule has 0 spiro atoms. The summed E-state index contributed by atoms with van der Waals surface area (Å²) < 4.78 is 14.9. The summed E-state index contributed by atoms with van der Waals surface area (Å²) in [6.45, 7) is 3.77. The third kappa shape index (κ3) is 3.84. The molecule has 0 aliphatic rings. The number of rotatable bonds is 6. The first-order chi connectivity index (χ1) is 15.4. The fourth-order valence-electron chi connectivity index (χ4n) is 3.69. The summed E-state index contributed by atoms with van der Waals surface area (Å²) in [5.41, 5.74) is 3.70. The Morgan fingerprint density at radius 1 is 1.12 bits per heavy atom. The minimum absolute atomic E-state index is 0.187. The van der Waals surface area contributed by atoms with Crippen LogP contribution in [0, 0.1) is 12.7 Å². The molecule has 0 aliphatic carbocycles. The lowest BCUT2D eigenvalue weighted by Gasteiger charge is -2.16. The summed E-state index contributed by atoms with van der Waals surface area (Å²) in [7, 11) is 1.58. The highest BCUT2D eigenvalue weighted by molar-refractivity contribution is 6.06. The summed E-state index contributed by atoms with van der Waals surface area (Å²) in [6, 6.07) is 7.36. The van der Waals surface area contributed by atoms with Gasteiger partial charge in [0.2, 0.25) is 0 Å². The van der Waals surface area contributed by atoms with E-state index < -0.39 is 0 Å². The van der Waals surface area contributed by atoms with E-state index in [-0.39, 0.29) is 23.7 Å². The molecule has 1 aromatic carbocycles. The van der Waals surface area contributed by atoms with Gasteiger partial charge in [-0.25, -0.2) is 9.07 Å². The Kier molecular flexibility index (Phi) is 5.72. The maximum absolute atomic E-state index is 13.3. The van der Waals surface area contributed by atoms with Crippen molar-refractivity contribution in [3.05, 3.63) is 77.3 Å². The number of aromatic amines is 1. The first-order valence-corrected chi connectivity index (χ1v) is 10.2. The number of pyridine rings is 1. The molecule has 0 fully saturated rings. The van der Waals surface area contributed by atoms with Crippen LogP contribution in [-0.4, -0.2) is 38.6 Å². The van der Waals surface area contributed by atoms with Crippen molar-refractivity contribution in [1.82, 2.24) is 30.4 Å². The van der Waals surface area contributed by atoms with Gasteiger partial charge in [0, 0.05) is 30.0 Å². The van der Waals surface area contributed by atoms with Crippen molar-refractivity contribution in [1.29, 1.82) is 0 Å². The molecular formula is C23H23FN6O2. The standard InChI is InChI=1S/C23H23FN6O2/c1-4-19(20-9-16(13(2)28-20)22(31)25-3)29-23(32)18-10-26-12-21-17(18)11-27-30(21)15-7-5-14(24)6-8-15/h5-12,19,28H,4H2,1-3H3,(H,25,31)(H,29,32). The lowest BCUT2D eigenvalue weighted by molar-refractivity contribution is 0.0934. The zero-order valence-electron chi connectivity index (χ0n) is 17.9. The van der Waals surface area contributed by atoms with E-state index in [1.807, 2.05) is 13.8 Å². The van der Waals surface area contributed by atoms with Gasteiger partial charge in [0.15, 0.2) is 0 Å². The number of carbonyl (C=O) groups is 2. The van der Waals surface area contributed by atoms with E-state index in [4.69, 9.17) is 0 Å². The number of nitrogens with zero attached hydrogens (tertiary/aromatic N) is 3. The number of nitrogens with one attached hydrogen (secondary N) is 3. The Hall–Kier alpha value is -4.01. The molecule has 3 heterocycles. The minimum Gasteiger partial charge on any atom is -0.360 e. The molecule has 1 atom stereocenters. The van der Waals surface area contributed by atoms with E-state index in [9.17, 15) is 14.0 Å². The van der Waals surface area contributed by atoms with Gasteiger partial charge in [-0.1, -0.05) is 6.92 Å². The van der Waals surface area contributed by atoms with Crippen molar-refractivity contribution in [2.24, 2.45) is 0 Å². The van der Waals surface area contributed by atoms with E-state index in [1.165, 1.54) is 18.3 Å². The van der Waals surface area contributed by atoms with Gasteiger partial charge in [0.1, 0.15) is 5.82 Å². The number of H-pyrrole nitrogens is 1. The molecule has 1 unspecified atom stereocenters. The number of halogens is 1. The van der Waals surface area contributed by atoms with Gasteiger partial charge >= 0.3 is 0 Å². The maximum atomic E-state index is 13.3. The van der Waals surface area contributed by atoms with Gasteiger partial charge in [0.05, 0.1) is 40.8 Å². The van der Waals surface area contributed by atoms with Crippen molar-refractivity contribution in [2.45, 2.75) is 26.3 Å². The number of hydrogen-bond donors (Lipinski definition) is 3. The zero-order chi connectivity index (χ0) is 22.8. The Balaban J connectivity index is 1.64. The van der Waals surface area contributed by atoms with Crippen LogP contribution in [0.25, 0.3) is 16.6 Å². The van der Waals surface area contributed by atoms with Crippen LogP contribution < -0.4 is 10.6 Å². The van der Waals surface area contributed by atoms with Gasteiger partial charge in [-0.3, -0.25) is 14.6 Å². The molecule has 2 amide bonds. The highest BCUT2D eigenvalue weighted by atomic mass is 19.1. The van der Waals surface area contributed by atoms with E-state index in [1.54, 1.807) is 42.3 Å². The van der Waals surface area contributed by atoms with Crippen LogP contribution in [0.4, 0.5) is 4.39 Å². The highest BCUT2D eigenvalue weighted by Crippen LogP contribution is 2.24. The molecule has 9 heteroatoms. The SMILES string of the molecule is CCC(NC(=O)c1cncc2c1cnn2-c1ccc(F)cc1)c1cc(C(=O)NC)c(C)[nH]1. The number of carbonyl (C=O) groups excluding carboxylic acids is 2. The van der Waals surface area contributed by atoms with Gasteiger partial charge in [0.25, 0.3) is 11.8 Å². The fourth-order valence-corrected chi connectivity index (χ4v) is 3.69. The zero-order valence-corrected chi connectivity index (χ0v) is 17.9. The Morgan fingerprint density at radius 3 is 2.56 bits per heavy atom. The van der Waals surface area contributed by atoms with Crippen LogP contribution in [0.15, 0.2) is 48.9 Å². The van der Waals surface area contributed by atoms with Crippen molar-refractivity contribution in [3.63, 3.8) is 0 Å². The molecule has 164 valence electrons. The van der Waals surface area contributed by atoms with E-state index >= 15 is 0 Å².